The molecule has 0 bridgehead atoms. The summed E-state index contributed by atoms with van der Waals surface area (Å²) < 4.78 is 68.1. The van der Waals surface area contributed by atoms with E-state index in [9.17, 15) is 21.6 Å². The summed E-state index contributed by atoms with van der Waals surface area (Å²) in [6.07, 6.45) is -3.57. The van der Waals surface area contributed by atoms with Gasteiger partial charge in [-0.3, -0.25) is 0 Å². The lowest BCUT2D eigenvalue weighted by atomic mass is 10.2. The summed E-state index contributed by atoms with van der Waals surface area (Å²) in [7, 11) is -0.631. The van der Waals surface area contributed by atoms with Crippen molar-refractivity contribution in [1.29, 1.82) is 0 Å². The van der Waals surface area contributed by atoms with Gasteiger partial charge < -0.3 is 9.13 Å². The Morgan fingerprint density at radius 2 is 1.69 bits per heavy atom. The lowest BCUT2D eigenvalue weighted by molar-refractivity contribution is -0.141. The number of imidazole rings is 2. The van der Waals surface area contributed by atoms with Gasteiger partial charge in [0, 0.05) is 24.7 Å². The highest BCUT2D eigenvalue weighted by Crippen LogP contribution is 2.35. The molecular weight excluding hydrogens is 467 g/mol. The molecule has 168 valence electrons. The van der Waals surface area contributed by atoms with Gasteiger partial charge in [-0.05, 0) is 30.3 Å². The van der Waals surface area contributed by atoms with Crippen molar-refractivity contribution in [3.8, 4) is 22.9 Å². The summed E-state index contributed by atoms with van der Waals surface area (Å²) in [6.45, 7) is 1.50. The normalized spacial score (nSPS) is 12.6. The number of benzene rings is 1. The maximum Gasteiger partial charge on any atom is 0.433 e. The summed E-state index contributed by atoms with van der Waals surface area (Å²) >= 11 is 5.95. The van der Waals surface area contributed by atoms with E-state index in [-0.39, 0.29) is 27.8 Å². The molecule has 0 aliphatic carbocycles. The molecule has 0 amide bonds. The van der Waals surface area contributed by atoms with Gasteiger partial charge in [-0.1, -0.05) is 18.5 Å². The van der Waals surface area contributed by atoms with E-state index in [4.69, 9.17) is 11.6 Å². The molecule has 0 unspecified atom stereocenters. The number of halogens is 4. The summed E-state index contributed by atoms with van der Waals surface area (Å²) in [5.74, 6) is 0.275. The molecule has 0 saturated carbocycles. The Hall–Kier alpha value is -2.92. The third kappa shape index (κ3) is 3.65. The molecule has 0 radical (unpaired) electrons. The van der Waals surface area contributed by atoms with Crippen molar-refractivity contribution in [3.05, 3.63) is 47.2 Å². The summed E-state index contributed by atoms with van der Waals surface area (Å²) in [4.78, 5) is 12.3. The average molecular weight is 484 g/mol. The maximum atomic E-state index is 13.1. The van der Waals surface area contributed by atoms with Gasteiger partial charge in [-0.2, -0.15) is 13.2 Å². The van der Waals surface area contributed by atoms with E-state index >= 15 is 0 Å². The summed E-state index contributed by atoms with van der Waals surface area (Å²) in [6, 6.07) is 7.53. The number of sulfone groups is 1. The number of pyridine rings is 1. The van der Waals surface area contributed by atoms with Crippen LogP contribution in [0.4, 0.5) is 13.2 Å². The molecule has 0 spiro atoms. The highest BCUT2D eigenvalue weighted by molar-refractivity contribution is 7.91. The Balaban J connectivity index is 2.00. The average Bonchev–Trinajstić information content (AvgIpc) is 3.25. The third-order valence-corrected chi connectivity index (χ3v) is 7.16. The first kappa shape index (κ1) is 22.3. The molecule has 4 aromatic rings. The highest BCUT2D eigenvalue weighted by Gasteiger charge is 2.34. The minimum Gasteiger partial charge on any atom is -0.324 e. The molecule has 4 rings (SSSR count). The lowest BCUT2D eigenvalue weighted by Gasteiger charge is -2.07. The molecule has 0 aliphatic rings. The molecule has 0 N–H and O–H groups in total. The van der Waals surface area contributed by atoms with E-state index in [0.717, 1.165) is 12.3 Å². The molecule has 7 nitrogen and oxygen atoms in total. The topological polar surface area (TPSA) is 82.7 Å². The van der Waals surface area contributed by atoms with Crippen molar-refractivity contribution >= 4 is 32.5 Å². The van der Waals surface area contributed by atoms with Crippen molar-refractivity contribution < 1.29 is 21.6 Å². The number of hydrogen-bond donors (Lipinski definition) is 0. The Bertz CT molecular complexity index is 1440. The second kappa shape index (κ2) is 7.59. The van der Waals surface area contributed by atoms with Crippen LogP contribution in [0, 0.1) is 0 Å². The van der Waals surface area contributed by atoms with Crippen LogP contribution in [0.2, 0.25) is 5.02 Å². The predicted octanol–water partition coefficient (Wildman–Crippen LogP) is 4.50. The SMILES string of the molecule is CCS(=O)(=O)c1c(-c2nc3cc(C(F)(F)F)ncc3n2C)nc(-c2ccc(Cl)cc2)n1C. The maximum absolute atomic E-state index is 13.1. The minimum absolute atomic E-state index is 0.0309. The second-order valence-corrected chi connectivity index (χ2v) is 9.74. The van der Waals surface area contributed by atoms with Crippen LogP contribution >= 0.6 is 11.6 Å². The van der Waals surface area contributed by atoms with Gasteiger partial charge in [0.15, 0.2) is 20.7 Å². The van der Waals surface area contributed by atoms with Gasteiger partial charge in [0.2, 0.25) is 0 Å². The highest BCUT2D eigenvalue weighted by atomic mass is 35.5. The fraction of sp³-hybridized carbons (Fsp3) is 0.250. The Morgan fingerprint density at radius 3 is 2.28 bits per heavy atom. The van der Waals surface area contributed by atoms with Crippen LogP contribution in [0.1, 0.15) is 12.6 Å². The smallest absolute Gasteiger partial charge is 0.324 e. The van der Waals surface area contributed by atoms with Crippen LogP contribution in [-0.2, 0) is 30.1 Å². The van der Waals surface area contributed by atoms with Gasteiger partial charge in [-0.25, -0.2) is 23.4 Å². The van der Waals surface area contributed by atoms with Crippen molar-refractivity contribution in [2.75, 3.05) is 5.75 Å². The van der Waals surface area contributed by atoms with E-state index in [1.807, 2.05) is 0 Å². The molecule has 12 heteroatoms. The second-order valence-electron chi connectivity index (χ2n) is 7.11. The molecule has 3 heterocycles. The largest absolute Gasteiger partial charge is 0.433 e. The number of fused-ring (bicyclic) bond motifs is 1. The molecule has 0 fully saturated rings. The molecule has 1 aromatic carbocycles. The molecule has 3 aromatic heterocycles. The standard InChI is InChI=1S/C20H17ClF3N5O2S/c1-4-32(30,31)19-16(27-17(29(19)3)11-5-7-12(21)8-6-11)18-26-13-9-15(20(22,23)24)25-10-14(13)28(18)2/h5-10H,4H2,1-3H3. The van der Waals surface area contributed by atoms with E-state index in [2.05, 4.69) is 15.0 Å². The van der Waals surface area contributed by atoms with Crippen LogP contribution in [-0.4, -0.2) is 38.3 Å². The Morgan fingerprint density at radius 1 is 1.03 bits per heavy atom. The van der Waals surface area contributed by atoms with Crippen molar-refractivity contribution in [2.45, 2.75) is 18.1 Å². The van der Waals surface area contributed by atoms with Crippen LogP contribution in [0.3, 0.4) is 0 Å². The minimum atomic E-state index is -4.63. The number of rotatable bonds is 4. The van der Waals surface area contributed by atoms with Gasteiger partial charge >= 0.3 is 6.18 Å². The first-order chi connectivity index (χ1) is 14.9. The molecule has 0 aliphatic heterocycles. The molecule has 32 heavy (non-hydrogen) atoms. The predicted molar refractivity (Wildman–Crippen MR) is 114 cm³/mol. The van der Waals surface area contributed by atoms with Gasteiger partial charge in [-0.15, -0.1) is 0 Å². The Kier molecular flexibility index (Phi) is 5.29. The van der Waals surface area contributed by atoms with E-state index in [1.54, 1.807) is 38.4 Å². The summed E-state index contributed by atoms with van der Waals surface area (Å²) in [5, 5.41) is 0.431. The zero-order valence-electron chi connectivity index (χ0n) is 17.1. The zero-order chi connectivity index (χ0) is 23.4. The van der Waals surface area contributed by atoms with Crippen LogP contribution < -0.4 is 0 Å². The van der Waals surface area contributed by atoms with E-state index in [1.165, 1.54) is 16.1 Å². The molecular formula is C20H17ClF3N5O2S. The number of aromatic nitrogens is 5. The zero-order valence-corrected chi connectivity index (χ0v) is 18.7. The summed E-state index contributed by atoms with van der Waals surface area (Å²) in [5.41, 5.74) is -0.0733. The van der Waals surface area contributed by atoms with Crippen molar-refractivity contribution in [1.82, 2.24) is 24.1 Å². The van der Waals surface area contributed by atoms with E-state index in [0.29, 0.717) is 21.9 Å². The first-order valence-corrected chi connectivity index (χ1v) is 11.4. The van der Waals surface area contributed by atoms with Gasteiger partial charge in [0.1, 0.15) is 17.2 Å². The van der Waals surface area contributed by atoms with Crippen LogP contribution in [0.5, 0.6) is 0 Å². The fourth-order valence-corrected chi connectivity index (χ4v) is 4.77. The van der Waals surface area contributed by atoms with E-state index < -0.39 is 21.7 Å². The van der Waals surface area contributed by atoms with Gasteiger partial charge in [0.25, 0.3) is 0 Å². The third-order valence-electron chi connectivity index (χ3n) is 5.09. The first-order valence-electron chi connectivity index (χ1n) is 9.39. The van der Waals surface area contributed by atoms with Crippen LogP contribution in [0.15, 0.2) is 41.6 Å². The monoisotopic (exact) mass is 483 g/mol. The van der Waals surface area contributed by atoms with Crippen LogP contribution in [0.25, 0.3) is 33.9 Å². The number of alkyl halides is 3. The lowest BCUT2D eigenvalue weighted by Crippen LogP contribution is -2.11. The van der Waals surface area contributed by atoms with Crippen molar-refractivity contribution in [3.63, 3.8) is 0 Å². The molecule has 0 saturated heterocycles. The number of hydrogen-bond acceptors (Lipinski definition) is 5. The molecule has 0 atom stereocenters. The quantitative estimate of drug-likeness (QED) is 0.427. The van der Waals surface area contributed by atoms with Gasteiger partial charge in [0.05, 0.1) is 23.0 Å². The number of nitrogens with zero attached hydrogens (tertiary/aromatic N) is 5. The fourth-order valence-electron chi connectivity index (χ4n) is 3.43. The Labute approximate surface area is 186 Å². The number of aryl methyl sites for hydroxylation is 1. The van der Waals surface area contributed by atoms with Crippen molar-refractivity contribution in [2.24, 2.45) is 14.1 Å².